The maximum atomic E-state index is 12.7. The lowest BCUT2D eigenvalue weighted by molar-refractivity contribution is -0.125. The highest BCUT2D eigenvalue weighted by molar-refractivity contribution is 5.81. The Hall–Kier alpha value is -2.57. The second-order valence-corrected chi connectivity index (χ2v) is 7.54. The first-order valence-corrected chi connectivity index (χ1v) is 10.1. The molecule has 1 aliphatic heterocycles. The Morgan fingerprint density at radius 3 is 2.55 bits per heavy atom. The third kappa shape index (κ3) is 5.08. The van der Waals surface area contributed by atoms with Crippen molar-refractivity contribution in [2.45, 2.75) is 31.3 Å². The van der Waals surface area contributed by atoms with E-state index in [9.17, 15) is 4.79 Å². The normalized spacial score (nSPS) is 20.3. The van der Waals surface area contributed by atoms with Crippen LogP contribution in [0.25, 0.3) is 0 Å². The molecule has 1 fully saturated rings. The highest BCUT2D eigenvalue weighted by Gasteiger charge is 2.35. The van der Waals surface area contributed by atoms with Crippen molar-refractivity contribution in [2.75, 3.05) is 33.9 Å². The molecule has 1 heterocycles. The van der Waals surface area contributed by atoms with Gasteiger partial charge in [0.2, 0.25) is 5.91 Å². The maximum absolute atomic E-state index is 12.7. The molecule has 3 rings (SSSR count). The van der Waals surface area contributed by atoms with Crippen molar-refractivity contribution in [2.24, 2.45) is 5.73 Å². The van der Waals surface area contributed by atoms with Gasteiger partial charge >= 0.3 is 0 Å². The van der Waals surface area contributed by atoms with Crippen LogP contribution in [-0.4, -0.2) is 56.7 Å². The van der Waals surface area contributed by atoms with E-state index in [1.807, 2.05) is 43.3 Å². The number of carbonyl (C=O) groups excluding carboxylic acids is 1. The van der Waals surface area contributed by atoms with Gasteiger partial charge in [0.05, 0.1) is 20.3 Å². The standard InChI is InChI=1S/C23H31N3O3/c1-16(26-14-19(20(24)15-26)18-7-5-4-6-8-18)23(27)25-12-11-17-9-10-21(28-2)22(13-17)29-3/h4-10,13,16,19-20H,11-12,14-15,24H2,1-3H3,(H,25,27)/t16?,19-,20+/m0/s1. The molecule has 0 saturated carbocycles. The van der Waals surface area contributed by atoms with Gasteiger partial charge in [-0.05, 0) is 36.6 Å². The van der Waals surface area contributed by atoms with E-state index >= 15 is 0 Å². The summed E-state index contributed by atoms with van der Waals surface area (Å²) in [6, 6.07) is 16.0. The quantitative estimate of drug-likeness (QED) is 0.714. The second-order valence-electron chi connectivity index (χ2n) is 7.54. The number of nitrogens with one attached hydrogen (secondary N) is 1. The third-order valence-corrected chi connectivity index (χ3v) is 5.71. The minimum atomic E-state index is -0.208. The topological polar surface area (TPSA) is 76.8 Å². The number of nitrogens with zero attached hydrogens (tertiary/aromatic N) is 1. The number of ether oxygens (including phenoxy) is 2. The fraction of sp³-hybridized carbons (Fsp3) is 0.435. The van der Waals surface area contributed by atoms with Crippen molar-refractivity contribution in [3.8, 4) is 11.5 Å². The SMILES string of the molecule is COc1ccc(CCNC(=O)C(C)N2C[C@@H](N)[C@H](c3ccccc3)C2)cc1OC. The summed E-state index contributed by atoms with van der Waals surface area (Å²) in [6.45, 7) is 4.05. The molecule has 29 heavy (non-hydrogen) atoms. The maximum Gasteiger partial charge on any atom is 0.237 e. The van der Waals surface area contributed by atoms with Crippen LogP contribution in [0.2, 0.25) is 0 Å². The van der Waals surface area contributed by atoms with Gasteiger partial charge in [0.15, 0.2) is 11.5 Å². The molecule has 3 atom stereocenters. The van der Waals surface area contributed by atoms with E-state index in [1.165, 1.54) is 5.56 Å². The number of carbonyl (C=O) groups is 1. The lowest BCUT2D eigenvalue weighted by Crippen LogP contribution is -2.45. The Labute approximate surface area is 173 Å². The molecule has 0 spiro atoms. The predicted octanol–water partition coefficient (Wildman–Crippen LogP) is 2.18. The number of hydrogen-bond acceptors (Lipinski definition) is 5. The van der Waals surface area contributed by atoms with Crippen LogP contribution >= 0.6 is 0 Å². The van der Waals surface area contributed by atoms with Crippen LogP contribution in [0.3, 0.4) is 0 Å². The van der Waals surface area contributed by atoms with Crippen LogP contribution in [0.5, 0.6) is 11.5 Å². The molecule has 0 aliphatic carbocycles. The van der Waals surface area contributed by atoms with Crippen molar-refractivity contribution in [1.29, 1.82) is 0 Å². The Bertz CT molecular complexity index is 812. The van der Waals surface area contributed by atoms with Gasteiger partial charge in [-0.15, -0.1) is 0 Å². The summed E-state index contributed by atoms with van der Waals surface area (Å²) in [7, 11) is 3.24. The lowest BCUT2D eigenvalue weighted by atomic mass is 9.95. The molecule has 1 aliphatic rings. The first kappa shape index (κ1) is 21.1. The summed E-state index contributed by atoms with van der Waals surface area (Å²) < 4.78 is 10.6. The molecular weight excluding hydrogens is 366 g/mol. The Morgan fingerprint density at radius 2 is 1.86 bits per heavy atom. The van der Waals surface area contributed by atoms with Gasteiger partial charge in [0.25, 0.3) is 0 Å². The van der Waals surface area contributed by atoms with Crippen LogP contribution in [-0.2, 0) is 11.2 Å². The Balaban J connectivity index is 1.51. The molecule has 1 saturated heterocycles. The number of methoxy groups -OCH3 is 2. The van der Waals surface area contributed by atoms with Crippen LogP contribution in [0, 0.1) is 0 Å². The average molecular weight is 398 g/mol. The summed E-state index contributed by atoms with van der Waals surface area (Å²) >= 11 is 0. The van der Waals surface area contributed by atoms with E-state index in [2.05, 4.69) is 22.3 Å². The zero-order valence-corrected chi connectivity index (χ0v) is 17.4. The monoisotopic (exact) mass is 397 g/mol. The molecule has 2 aromatic carbocycles. The van der Waals surface area contributed by atoms with Crippen LogP contribution < -0.4 is 20.5 Å². The molecular formula is C23H31N3O3. The largest absolute Gasteiger partial charge is 0.493 e. The van der Waals surface area contributed by atoms with Gasteiger partial charge in [-0.3, -0.25) is 9.69 Å². The third-order valence-electron chi connectivity index (χ3n) is 5.71. The number of benzene rings is 2. The van der Waals surface area contributed by atoms with Crippen LogP contribution in [0.15, 0.2) is 48.5 Å². The molecule has 156 valence electrons. The predicted molar refractivity (Wildman–Crippen MR) is 114 cm³/mol. The molecule has 0 radical (unpaired) electrons. The van der Waals surface area contributed by atoms with Gasteiger partial charge in [-0.2, -0.15) is 0 Å². The minimum absolute atomic E-state index is 0.0337. The zero-order valence-electron chi connectivity index (χ0n) is 17.4. The van der Waals surface area contributed by atoms with E-state index in [1.54, 1.807) is 14.2 Å². The van der Waals surface area contributed by atoms with Crippen molar-refractivity contribution in [3.63, 3.8) is 0 Å². The van der Waals surface area contributed by atoms with Gasteiger partial charge in [-0.25, -0.2) is 0 Å². The second kappa shape index (κ2) is 9.76. The van der Waals surface area contributed by atoms with E-state index in [0.29, 0.717) is 18.0 Å². The molecule has 1 amide bonds. The van der Waals surface area contributed by atoms with Gasteiger partial charge in [0, 0.05) is 31.6 Å². The average Bonchev–Trinajstić information content (AvgIpc) is 3.15. The molecule has 0 bridgehead atoms. The summed E-state index contributed by atoms with van der Waals surface area (Å²) in [5.74, 6) is 1.69. The molecule has 6 nitrogen and oxygen atoms in total. The fourth-order valence-electron chi connectivity index (χ4n) is 3.91. The minimum Gasteiger partial charge on any atom is -0.493 e. The summed E-state index contributed by atoms with van der Waals surface area (Å²) in [5.41, 5.74) is 8.70. The summed E-state index contributed by atoms with van der Waals surface area (Å²) in [6.07, 6.45) is 0.727. The van der Waals surface area contributed by atoms with E-state index in [4.69, 9.17) is 15.2 Å². The zero-order chi connectivity index (χ0) is 20.8. The molecule has 1 unspecified atom stereocenters. The molecule has 6 heteroatoms. The summed E-state index contributed by atoms with van der Waals surface area (Å²) in [5, 5.41) is 3.05. The van der Waals surface area contributed by atoms with E-state index in [0.717, 1.165) is 25.1 Å². The first-order chi connectivity index (χ1) is 14.0. The molecule has 3 N–H and O–H groups in total. The first-order valence-electron chi connectivity index (χ1n) is 10.1. The highest BCUT2D eigenvalue weighted by Crippen LogP contribution is 2.28. The van der Waals surface area contributed by atoms with Gasteiger partial charge in [-0.1, -0.05) is 36.4 Å². The number of nitrogens with two attached hydrogens (primary N) is 1. The van der Waals surface area contributed by atoms with Crippen molar-refractivity contribution >= 4 is 5.91 Å². The van der Waals surface area contributed by atoms with Crippen molar-refractivity contribution in [1.82, 2.24) is 10.2 Å². The number of hydrogen-bond donors (Lipinski definition) is 2. The lowest BCUT2D eigenvalue weighted by Gasteiger charge is -2.23. The van der Waals surface area contributed by atoms with Crippen molar-refractivity contribution in [3.05, 3.63) is 59.7 Å². The van der Waals surface area contributed by atoms with Gasteiger partial charge in [0.1, 0.15) is 0 Å². The Kier molecular flexibility index (Phi) is 7.12. The van der Waals surface area contributed by atoms with Crippen molar-refractivity contribution < 1.29 is 14.3 Å². The molecule has 2 aromatic rings. The van der Waals surface area contributed by atoms with E-state index < -0.39 is 0 Å². The number of likely N-dealkylation sites (tertiary alicyclic amines) is 1. The van der Waals surface area contributed by atoms with Gasteiger partial charge < -0.3 is 20.5 Å². The van der Waals surface area contributed by atoms with Crippen LogP contribution in [0.4, 0.5) is 0 Å². The smallest absolute Gasteiger partial charge is 0.237 e. The number of rotatable bonds is 8. The number of amides is 1. The summed E-state index contributed by atoms with van der Waals surface area (Å²) in [4.78, 5) is 14.8. The fourth-order valence-corrected chi connectivity index (χ4v) is 3.91. The molecule has 0 aromatic heterocycles. The van der Waals surface area contributed by atoms with Crippen LogP contribution in [0.1, 0.15) is 24.0 Å². The highest BCUT2D eigenvalue weighted by atomic mass is 16.5. The Morgan fingerprint density at radius 1 is 1.14 bits per heavy atom. The van der Waals surface area contributed by atoms with E-state index in [-0.39, 0.29) is 23.9 Å².